The van der Waals surface area contributed by atoms with Crippen molar-refractivity contribution in [2.24, 2.45) is 0 Å². The van der Waals surface area contributed by atoms with Gasteiger partial charge >= 0.3 is 6.18 Å². The maximum Gasteiger partial charge on any atom is 0.416 e. The lowest BCUT2D eigenvalue weighted by Gasteiger charge is -2.13. The Kier molecular flexibility index (Phi) is 2.70. The van der Waals surface area contributed by atoms with Gasteiger partial charge in [0.05, 0.1) is 5.56 Å². The fraction of sp³-hybridized carbons (Fsp3) is 0.125. The van der Waals surface area contributed by atoms with E-state index in [0.29, 0.717) is 0 Å². The average Bonchev–Trinajstić information content (AvgIpc) is 2.82. The number of hydrogen-bond acceptors (Lipinski definition) is 0. The number of alkyl halides is 3. The van der Waals surface area contributed by atoms with Crippen LogP contribution >= 0.6 is 0 Å². The zero-order chi connectivity index (χ0) is 13.5. The van der Waals surface area contributed by atoms with E-state index in [0.717, 1.165) is 28.8 Å². The lowest BCUT2D eigenvalue weighted by Crippen LogP contribution is -2.05. The van der Waals surface area contributed by atoms with Gasteiger partial charge in [-0.25, -0.2) is 0 Å². The summed E-state index contributed by atoms with van der Waals surface area (Å²) in [4.78, 5) is 0. The first kappa shape index (κ1) is 12.0. The maximum atomic E-state index is 12.5. The molecule has 2 aromatic rings. The highest BCUT2D eigenvalue weighted by Gasteiger charge is 2.30. The second kappa shape index (κ2) is 4.26. The van der Waals surface area contributed by atoms with E-state index in [1.165, 1.54) is 0 Å². The predicted molar refractivity (Wildman–Crippen MR) is 68.8 cm³/mol. The molecular formula is C16H11F3. The van der Waals surface area contributed by atoms with Gasteiger partial charge in [-0.05, 0) is 28.8 Å². The Balaban J connectivity index is 1.95. The Morgan fingerprint density at radius 1 is 0.842 bits per heavy atom. The van der Waals surface area contributed by atoms with Crippen LogP contribution in [0.5, 0.6) is 0 Å². The Bertz CT molecular complexity index is 621. The molecule has 0 amide bonds. The predicted octanol–water partition coefficient (Wildman–Crippen LogP) is 4.86. The van der Waals surface area contributed by atoms with Gasteiger partial charge in [-0.2, -0.15) is 13.2 Å². The molecule has 0 nitrogen and oxygen atoms in total. The highest BCUT2D eigenvalue weighted by molar-refractivity contribution is 5.65. The number of fused-ring (bicyclic) bond motifs is 1. The van der Waals surface area contributed by atoms with Crippen LogP contribution in [-0.2, 0) is 6.18 Å². The van der Waals surface area contributed by atoms with Crippen molar-refractivity contribution in [1.82, 2.24) is 0 Å². The Labute approximate surface area is 109 Å². The van der Waals surface area contributed by atoms with Gasteiger partial charge in [0.15, 0.2) is 0 Å². The fourth-order valence-corrected chi connectivity index (χ4v) is 2.42. The fourth-order valence-electron chi connectivity index (χ4n) is 2.42. The molecule has 0 heterocycles. The number of hydrogen-bond donors (Lipinski definition) is 0. The summed E-state index contributed by atoms with van der Waals surface area (Å²) in [5, 5.41) is 0. The van der Waals surface area contributed by atoms with Crippen LogP contribution in [0.3, 0.4) is 0 Å². The van der Waals surface area contributed by atoms with E-state index in [4.69, 9.17) is 0 Å². The minimum atomic E-state index is -4.28. The first-order valence-corrected chi connectivity index (χ1v) is 6.00. The lowest BCUT2D eigenvalue weighted by atomic mass is 9.92. The molecule has 3 rings (SSSR count). The molecule has 2 aromatic carbocycles. The van der Waals surface area contributed by atoms with E-state index >= 15 is 0 Å². The van der Waals surface area contributed by atoms with Crippen molar-refractivity contribution in [3.8, 4) is 0 Å². The minimum absolute atomic E-state index is 0.0542. The van der Waals surface area contributed by atoms with E-state index in [2.05, 4.69) is 0 Å². The molecule has 0 bridgehead atoms. The van der Waals surface area contributed by atoms with Gasteiger partial charge in [-0.15, -0.1) is 0 Å². The van der Waals surface area contributed by atoms with Crippen molar-refractivity contribution in [1.29, 1.82) is 0 Å². The molecule has 0 fully saturated rings. The third-order valence-electron chi connectivity index (χ3n) is 3.40. The minimum Gasteiger partial charge on any atom is -0.166 e. The standard InChI is InChI=1S/C16H11F3/c17-16(18,19)13-8-5-12(6-9-13)15-10-7-11-3-1-2-4-14(11)15/h1-10,15H. The highest BCUT2D eigenvalue weighted by atomic mass is 19.4. The largest absolute Gasteiger partial charge is 0.416 e. The van der Waals surface area contributed by atoms with Crippen LogP contribution < -0.4 is 0 Å². The molecule has 96 valence electrons. The molecule has 0 aromatic heterocycles. The Morgan fingerprint density at radius 3 is 2.21 bits per heavy atom. The van der Waals surface area contributed by atoms with Gasteiger partial charge in [0.1, 0.15) is 0 Å². The summed E-state index contributed by atoms with van der Waals surface area (Å²) < 4.78 is 37.6. The van der Waals surface area contributed by atoms with Gasteiger partial charge in [-0.3, -0.25) is 0 Å². The van der Waals surface area contributed by atoms with Crippen LogP contribution in [0.2, 0.25) is 0 Å². The summed E-state index contributed by atoms with van der Waals surface area (Å²) in [5.74, 6) is 0.0542. The van der Waals surface area contributed by atoms with Crippen molar-refractivity contribution < 1.29 is 13.2 Å². The second-order valence-corrected chi connectivity index (χ2v) is 4.59. The molecule has 0 saturated heterocycles. The van der Waals surface area contributed by atoms with Crippen LogP contribution in [0.4, 0.5) is 13.2 Å². The number of benzene rings is 2. The number of halogens is 3. The molecule has 1 atom stereocenters. The van der Waals surface area contributed by atoms with Gasteiger partial charge in [0.2, 0.25) is 0 Å². The Hall–Kier alpha value is -2.03. The van der Waals surface area contributed by atoms with Crippen LogP contribution in [-0.4, -0.2) is 0 Å². The van der Waals surface area contributed by atoms with Crippen LogP contribution in [0.15, 0.2) is 54.6 Å². The van der Waals surface area contributed by atoms with Gasteiger partial charge in [-0.1, -0.05) is 48.6 Å². The van der Waals surface area contributed by atoms with Crippen molar-refractivity contribution in [2.75, 3.05) is 0 Å². The molecular weight excluding hydrogens is 249 g/mol. The lowest BCUT2D eigenvalue weighted by molar-refractivity contribution is -0.137. The summed E-state index contributed by atoms with van der Waals surface area (Å²) in [6.45, 7) is 0. The van der Waals surface area contributed by atoms with E-state index in [1.54, 1.807) is 12.1 Å². The number of allylic oxidation sites excluding steroid dienone is 1. The summed E-state index contributed by atoms with van der Waals surface area (Å²) >= 11 is 0. The summed E-state index contributed by atoms with van der Waals surface area (Å²) in [5.41, 5.74) is 2.55. The second-order valence-electron chi connectivity index (χ2n) is 4.59. The molecule has 1 aliphatic rings. The molecule has 0 aliphatic heterocycles. The van der Waals surface area contributed by atoms with Gasteiger partial charge in [0.25, 0.3) is 0 Å². The summed E-state index contributed by atoms with van der Waals surface area (Å²) in [6.07, 6.45) is -0.243. The third kappa shape index (κ3) is 2.16. The number of rotatable bonds is 1. The van der Waals surface area contributed by atoms with E-state index in [-0.39, 0.29) is 5.92 Å². The zero-order valence-electron chi connectivity index (χ0n) is 9.98. The molecule has 1 unspecified atom stereocenters. The van der Waals surface area contributed by atoms with Gasteiger partial charge in [0, 0.05) is 5.92 Å². The van der Waals surface area contributed by atoms with Crippen molar-refractivity contribution >= 4 is 6.08 Å². The van der Waals surface area contributed by atoms with Crippen molar-refractivity contribution in [3.05, 3.63) is 76.9 Å². The van der Waals surface area contributed by atoms with Crippen LogP contribution in [0.25, 0.3) is 6.08 Å². The van der Waals surface area contributed by atoms with Crippen molar-refractivity contribution in [2.45, 2.75) is 12.1 Å². The molecule has 19 heavy (non-hydrogen) atoms. The highest BCUT2D eigenvalue weighted by Crippen LogP contribution is 2.36. The first-order valence-electron chi connectivity index (χ1n) is 6.00. The average molecular weight is 260 g/mol. The van der Waals surface area contributed by atoms with E-state index < -0.39 is 11.7 Å². The zero-order valence-corrected chi connectivity index (χ0v) is 9.98. The Morgan fingerprint density at radius 2 is 1.53 bits per heavy atom. The molecule has 0 N–H and O–H groups in total. The summed E-state index contributed by atoms with van der Waals surface area (Å²) in [6, 6.07) is 13.3. The topological polar surface area (TPSA) is 0 Å². The maximum absolute atomic E-state index is 12.5. The smallest absolute Gasteiger partial charge is 0.166 e. The molecule has 0 saturated carbocycles. The summed E-state index contributed by atoms with van der Waals surface area (Å²) in [7, 11) is 0. The molecule has 0 radical (unpaired) electrons. The van der Waals surface area contributed by atoms with Gasteiger partial charge < -0.3 is 0 Å². The first-order chi connectivity index (χ1) is 9.05. The molecule has 3 heteroatoms. The SMILES string of the molecule is FC(F)(F)c1ccc(C2C=Cc3ccccc32)cc1. The molecule has 0 spiro atoms. The van der Waals surface area contributed by atoms with E-state index in [9.17, 15) is 13.2 Å². The normalized spacial score (nSPS) is 17.5. The van der Waals surface area contributed by atoms with Crippen LogP contribution in [0.1, 0.15) is 28.2 Å². The molecule has 1 aliphatic carbocycles. The van der Waals surface area contributed by atoms with E-state index in [1.807, 2.05) is 36.4 Å². The monoisotopic (exact) mass is 260 g/mol. The quantitative estimate of drug-likeness (QED) is 0.686. The van der Waals surface area contributed by atoms with Crippen LogP contribution in [0, 0.1) is 0 Å². The third-order valence-corrected chi connectivity index (χ3v) is 3.40. The van der Waals surface area contributed by atoms with Crippen molar-refractivity contribution in [3.63, 3.8) is 0 Å².